The minimum Gasteiger partial charge on any atom is -0.352 e. The van der Waals surface area contributed by atoms with Gasteiger partial charge in [0.25, 0.3) is 0 Å². The lowest BCUT2D eigenvalue weighted by molar-refractivity contribution is 0.627. The van der Waals surface area contributed by atoms with Gasteiger partial charge in [-0.3, -0.25) is 20.1 Å². The number of fused-ring (bicyclic) bond motifs is 2. The van der Waals surface area contributed by atoms with E-state index in [1.807, 2.05) is 25.1 Å². The number of nitrogens with zero attached hydrogens (tertiary/aromatic N) is 5. The molecule has 6 aromatic rings. The van der Waals surface area contributed by atoms with Gasteiger partial charge in [-0.25, -0.2) is 9.37 Å². The summed E-state index contributed by atoms with van der Waals surface area (Å²) in [5, 5.41) is 9.28. The molecule has 0 amide bonds. The van der Waals surface area contributed by atoms with Crippen LogP contribution < -0.4 is 0 Å². The third-order valence-corrected chi connectivity index (χ3v) is 5.43. The number of aryl methyl sites for hydroxylation is 1. The number of benzene rings is 1. The first-order valence-electron chi connectivity index (χ1n) is 10.0. The first kappa shape index (κ1) is 18.3. The number of nitrogens with one attached hydrogen (secondary N) is 2. The Morgan fingerprint density at radius 1 is 0.812 bits per heavy atom. The second-order valence-electron chi connectivity index (χ2n) is 7.63. The summed E-state index contributed by atoms with van der Waals surface area (Å²) in [6.07, 6.45) is 10.2. The Morgan fingerprint density at radius 2 is 1.75 bits per heavy atom. The zero-order valence-electron chi connectivity index (χ0n) is 17.0. The standard InChI is InChI=1S/C24H16FN7/c1-13-4-14(6-16(25)5-13)19-10-27-12-22-17(19)8-20(30-22)23-18-7-15(9-29-24(18)32-31-23)21-11-26-2-3-28-21/h2-12,30H,1H3,(H,29,31,32). The van der Waals surface area contributed by atoms with Crippen molar-refractivity contribution in [3.05, 3.63) is 78.9 Å². The van der Waals surface area contributed by atoms with Crippen LogP contribution >= 0.6 is 0 Å². The largest absolute Gasteiger partial charge is 0.352 e. The number of aromatic amines is 2. The fourth-order valence-corrected chi connectivity index (χ4v) is 4.00. The average molecular weight is 421 g/mol. The highest BCUT2D eigenvalue weighted by Gasteiger charge is 2.16. The first-order chi connectivity index (χ1) is 15.7. The highest BCUT2D eigenvalue weighted by molar-refractivity contribution is 6.00. The molecule has 7 nitrogen and oxygen atoms in total. The Balaban J connectivity index is 1.52. The van der Waals surface area contributed by atoms with Crippen LogP contribution in [0.25, 0.3) is 55.7 Å². The summed E-state index contributed by atoms with van der Waals surface area (Å²) in [5.74, 6) is -0.270. The van der Waals surface area contributed by atoms with Crippen LogP contribution in [-0.2, 0) is 0 Å². The molecule has 0 saturated heterocycles. The molecule has 5 heterocycles. The molecule has 5 aromatic heterocycles. The molecule has 2 N–H and O–H groups in total. The zero-order valence-corrected chi connectivity index (χ0v) is 17.0. The molecule has 0 spiro atoms. The summed E-state index contributed by atoms with van der Waals surface area (Å²) in [4.78, 5) is 20.7. The number of H-pyrrole nitrogens is 2. The Morgan fingerprint density at radius 3 is 2.59 bits per heavy atom. The molecule has 0 radical (unpaired) electrons. The van der Waals surface area contributed by atoms with Crippen molar-refractivity contribution >= 4 is 21.9 Å². The number of aromatic nitrogens is 7. The molecule has 6 rings (SSSR count). The fourth-order valence-electron chi connectivity index (χ4n) is 4.00. The lowest BCUT2D eigenvalue weighted by Gasteiger charge is -2.05. The van der Waals surface area contributed by atoms with Gasteiger partial charge in [-0.15, -0.1) is 0 Å². The lowest BCUT2D eigenvalue weighted by Crippen LogP contribution is -1.86. The summed E-state index contributed by atoms with van der Waals surface area (Å²) in [6, 6.07) is 8.99. The summed E-state index contributed by atoms with van der Waals surface area (Å²) in [7, 11) is 0. The van der Waals surface area contributed by atoms with Crippen molar-refractivity contribution in [2.45, 2.75) is 6.92 Å². The minimum atomic E-state index is -0.270. The third kappa shape index (κ3) is 3.01. The smallest absolute Gasteiger partial charge is 0.155 e. The predicted molar refractivity (Wildman–Crippen MR) is 120 cm³/mol. The number of halogens is 1. The molecule has 0 aliphatic carbocycles. The molecule has 154 valence electrons. The maximum absolute atomic E-state index is 14.0. The lowest BCUT2D eigenvalue weighted by atomic mass is 10.0. The van der Waals surface area contributed by atoms with E-state index in [1.54, 1.807) is 37.2 Å². The Hall–Kier alpha value is -4.46. The van der Waals surface area contributed by atoms with E-state index < -0.39 is 0 Å². The van der Waals surface area contributed by atoms with Gasteiger partial charge in [-0.05, 0) is 42.3 Å². The quantitative estimate of drug-likeness (QED) is 0.416. The van der Waals surface area contributed by atoms with Crippen LogP contribution in [0, 0.1) is 12.7 Å². The van der Waals surface area contributed by atoms with Crippen LogP contribution in [0.15, 0.2) is 67.5 Å². The summed E-state index contributed by atoms with van der Waals surface area (Å²) in [5.41, 5.74) is 7.13. The van der Waals surface area contributed by atoms with Crippen molar-refractivity contribution in [3.8, 4) is 33.8 Å². The maximum Gasteiger partial charge on any atom is 0.155 e. The Labute approximate surface area is 181 Å². The summed E-state index contributed by atoms with van der Waals surface area (Å²) < 4.78 is 14.0. The third-order valence-electron chi connectivity index (χ3n) is 5.43. The normalized spacial score (nSPS) is 11.4. The minimum absolute atomic E-state index is 0.270. The van der Waals surface area contributed by atoms with Crippen LogP contribution in [0.2, 0.25) is 0 Å². The van der Waals surface area contributed by atoms with Crippen LogP contribution in [0.1, 0.15) is 5.56 Å². The zero-order chi connectivity index (χ0) is 21.7. The molecule has 0 unspecified atom stereocenters. The average Bonchev–Trinajstić information content (AvgIpc) is 3.42. The molecule has 32 heavy (non-hydrogen) atoms. The predicted octanol–water partition coefficient (Wildman–Crippen LogP) is 5.07. The monoisotopic (exact) mass is 421 g/mol. The van der Waals surface area contributed by atoms with Gasteiger partial charge in [-0.1, -0.05) is 6.07 Å². The number of hydrogen-bond donors (Lipinski definition) is 2. The highest BCUT2D eigenvalue weighted by Crippen LogP contribution is 2.34. The van der Waals surface area contributed by atoms with Crippen molar-refractivity contribution in [2.24, 2.45) is 0 Å². The van der Waals surface area contributed by atoms with E-state index in [4.69, 9.17) is 0 Å². The van der Waals surface area contributed by atoms with E-state index in [-0.39, 0.29) is 5.82 Å². The topological polar surface area (TPSA) is 96.0 Å². The Kier molecular flexibility index (Phi) is 4.04. The van der Waals surface area contributed by atoms with E-state index in [2.05, 4.69) is 35.1 Å². The summed E-state index contributed by atoms with van der Waals surface area (Å²) in [6.45, 7) is 1.88. The second kappa shape index (κ2) is 7.05. The second-order valence-corrected chi connectivity index (χ2v) is 7.63. The molecule has 0 saturated carbocycles. The van der Waals surface area contributed by atoms with Crippen molar-refractivity contribution in [1.29, 1.82) is 0 Å². The molecular formula is C24H16FN7. The van der Waals surface area contributed by atoms with E-state index in [9.17, 15) is 4.39 Å². The molecule has 0 bridgehead atoms. The van der Waals surface area contributed by atoms with E-state index in [0.29, 0.717) is 5.65 Å². The van der Waals surface area contributed by atoms with Gasteiger partial charge < -0.3 is 4.98 Å². The fraction of sp³-hybridized carbons (Fsp3) is 0.0417. The molecule has 0 aliphatic rings. The maximum atomic E-state index is 14.0. The number of rotatable bonds is 3. The number of hydrogen-bond acceptors (Lipinski definition) is 5. The first-order valence-corrected chi connectivity index (χ1v) is 10.0. The van der Waals surface area contributed by atoms with Gasteiger partial charge in [0.1, 0.15) is 11.5 Å². The van der Waals surface area contributed by atoms with Crippen molar-refractivity contribution in [2.75, 3.05) is 0 Å². The van der Waals surface area contributed by atoms with Gasteiger partial charge in [0.05, 0.1) is 29.3 Å². The number of pyridine rings is 2. The molecule has 0 aliphatic heterocycles. The molecule has 0 fully saturated rings. The van der Waals surface area contributed by atoms with E-state index in [0.717, 1.165) is 55.6 Å². The SMILES string of the molecule is Cc1cc(F)cc(-c2cncc3[nH]c(-c4n[nH]c5ncc(-c6cnccn6)cc45)cc23)c1. The highest BCUT2D eigenvalue weighted by atomic mass is 19.1. The molecule has 0 atom stereocenters. The van der Waals surface area contributed by atoms with Gasteiger partial charge in [0, 0.05) is 46.7 Å². The van der Waals surface area contributed by atoms with Gasteiger partial charge in [-0.2, -0.15) is 5.10 Å². The van der Waals surface area contributed by atoms with Crippen LogP contribution in [-0.4, -0.2) is 35.1 Å². The van der Waals surface area contributed by atoms with Gasteiger partial charge in [0.2, 0.25) is 0 Å². The summed E-state index contributed by atoms with van der Waals surface area (Å²) >= 11 is 0. The Bertz CT molecular complexity index is 1580. The molecular weight excluding hydrogens is 405 g/mol. The van der Waals surface area contributed by atoms with Crippen LogP contribution in [0.4, 0.5) is 4.39 Å². The van der Waals surface area contributed by atoms with Gasteiger partial charge >= 0.3 is 0 Å². The van der Waals surface area contributed by atoms with Crippen LogP contribution in [0.3, 0.4) is 0 Å². The molecule has 8 heteroatoms. The molecule has 1 aromatic carbocycles. The van der Waals surface area contributed by atoms with E-state index in [1.165, 1.54) is 12.1 Å². The van der Waals surface area contributed by atoms with Gasteiger partial charge in [0.15, 0.2) is 5.65 Å². The van der Waals surface area contributed by atoms with Crippen molar-refractivity contribution < 1.29 is 4.39 Å². The van der Waals surface area contributed by atoms with Crippen molar-refractivity contribution in [3.63, 3.8) is 0 Å². The van der Waals surface area contributed by atoms with Crippen molar-refractivity contribution in [1.82, 2.24) is 35.1 Å². The van der Waals surface area contributed by atoms with E-state index >= 15 is 0 Å². The van der Waals surface area contributed by atoms with Crippen LogP contribution in [0.5, 0.6) is 0 Å².